The molecule has 0 atom stereocenters. The van der Waals surface area contributed by atoms with Crippen LogP contribution in [0.4, 0.5) is 0 Å². The van der Waals surface area contributed by atoms with E-state index in [1.54, 1.807) is 17.9 Å². The van der Waals surface area contributed by atoms with E-state index in [0.29, 0.717) is 23.4 Å². The average molecular weight is 277 g/mol. The van der Waals surface area contributed by atoms with Crippen LogP contribution in [0.1, 0.15) is 49.5 Å². The van der Waals surface area contributed by atoms with Crippen molar-refractivity contribution in [1.82, 2.24) is 14.9 Å². The Labute approximate surface area is 117 Å². The minimum Gasteiger partial charge on any atom is -0.477 e. The molecule has 0 fully saturated rings. The zero-order valence-corrected chi connectivity index (χ0v) is 12.4. The van der Waals surface area contributed by atoms with E-state index in [1.807, 2.05) is 27.7 Å². The normalized spacial score (nSPS) is 11.8. The van der Waals surface area contributed by atoms with Crippen molar-refractivity contribution in [2.75, 3.05) is 0 Å². The molecule has 0 unspecified atom stereocenters. The summed E-state index contributed by atoms with van der Waals surface area (Å²) in [5.41, 5.74) is 1.79. The maximum absolute atomic E-state index is 11.5. The number of hydrogen-bond acceptors (Lipinski definition) is 4. The number of aryl methyl sites for hydroxylation is 2. The van der Waals surface area contributed by atoms with Crippen LogP contribution in [0.15, 0.2) is 10.7 Å². The molecule has 1 N–H and O–H groups in total. The highest BCUT2D eigenvalue weighted by Crippen LogP contribution is 2.34. The molecule has 0 aliphatic heterocycles. The highest BCUT2D eigenvalue weighted by atomic mass is 16.5. The monoisotopic (exact) mass is 277 g/mol. The second kappa shape index (κ2) is 4.77. The molecule has 2 rings (SSSR count). The number of hydrogen-bond donors (Lipinski definition) is 1. The van der Waals surface area contributed by atoms with Crippen LogP contribution in [0.5, 0.6) is 0 Å². The van der Waals surface area contributed by atoms with Crippen LogP contribution < -0.4 is 0 Å². The molecule has 6 nitrogen and oxygen atoms in total. The Bertz CT molecular complexity index is 647. The minimum absolute atomic E-state index is 0.131. The molecule has 0 aromatic carbocycles. The van der Waals surface area contributed by atoms with E-state index in [4.69, 9.17) is 4.52 Å². The minimum atomic E-state index is -1.03. The van der Waals surface area contributed by atoms with Gasteiger partial charge in [0.05, 0.1) is 5.69 Å². The Morgan fingerprint density at radius 3 is 2.60 bits per heavy atom. The topological polar surface area (TPSA) is 81.2 Å². The van der Waals surface area contributed by atoms with Crippen LogP contribution in [0.25, 0.3) is 11.3 Å². The maximum atomic E-state index is 11.5. The van der Waals surface area contributed by atoms with Crippen molar-refractivity contribution in [2.45, 2.75) is 39.5 Å². The molecule has 0 aliphatic rings. The van der Waals surface area contributed by atoms with Crippen LogP contribution in [0.2, 0.25) is 0 Å². The van der Waals surface area contributed by atoms with Gasteiger partial charge < -0.3 is 9.63 Å². The molecule has 0 radical (unpaired) electrons. The average Bonchev–Trinajstić information content (AvgIpc) is 2.90. The summed E-state index contributed by atoms with van der Waals surface area (Å²) >= 11 is 0. The summed E-state index contributed by atoms with van der Waals surface area (Å²) in [6, 6.07) is 0. The number of aromatic nitrogens is 3. The van der Waals surface area contributed by atoms with Gasteiger partial charge in [0.2, 0.25) is 0 Å². The first-order valence-corrected chi connectivity index (χ1v) is 6.52. The zero-order valence-electron chi connectivity index (χ0n) is 12.4. The van der Waals surface area contributed by atoms with Crippen molar-refractivity contribution >= 4 is 5.97 Å². The molecule has 0 aliphatic carbocycles. The zero-order chi connectivity index (χ0) is 15.1. The molecular weight excluding hydrogens is 258 g/mol. The van der Waals surface area contributed by atoms with Gasteiger partial charge in [-0.25, -0.2) is 4.79 Å². The number of nitrogens with zero attached hydrogens (tertiary/aromatic N) is 3. The number of carboxylic acids is 1. The summed E-state index contributed by atoms with van der Waals surface area (Å²) in [6.07, 6.45) is 2.27. The fourth-order valence-electron chi connectivity index (χ4n) is 2.19. The van der Waals surface area contributed by atoms with Crippen molar-refractivity contribution in [1.29, 1.82) is 0 Å². The first-order valence-electron chi connectivity index (χ1n) is 6.52. The standard InChI is InChI=1S/C14H19N3O3/c1-6-9-10(13(18)19)11(16-20-9)8-7-17(5)15-12(8)14(2,3)4/h7H,6H2,1-5H3,(H,18,19). The van der Waals surface area contributed by atoms with Crippen LogP contribution in [-0.4, -0.2) is 26.0 Å². The Morgan fingerprint density at radius 2 is 2.10 bits per heavy atom. The molecule has 2 aromatic heterocycles. The van der Waals surface area contributed by atoms with Gasteiger partial charge in [-0.2, -0.15) is 5.10 Å². The van der Waals surface area contributed by atoms with E-state index in [-0.39, 0.29) is 11.0 Å². The SMILES string of the molecule is CCc1onc(-c2cn(C)nc2C(C)(C)C)c1C(=O)O. The number of rotatable bonds is 3. The van der Waals surface area contributed by atoms with Gasteiger partial charge in [0.25, 0.3) is 0 Å². The Morgan fingerprint density at radius 1 is 1.45 bits per heavy atom. The molecule has 6 heteroatoms. The molecule has 0 spiro atoms. The van der Waals surface area contributed by atoms with Gasteiger partial charge in [-0.05, 0) is 0 Å². The summed E-state index contributed by atoms with van der Waals surface area (Å²) in [7, 11) is 1.81. The van der Waals surface area contributed by atoms with Crippen LogP contribution >= 0.6 is 0 Å². The lowest BCUT2D eigenvalue weighted by Crippen LogP contribution is -2.14. The van der Waals surface area contributed by atoms with Gasteiger partial charge >= 0.3 is 5.97 Å². The third-order valence-corrected chi connectivity index (χ3v) is 3.09. The molecule has 0 saturated heterocycles. The third-order valence-electron chi connectivity index (χ3n) is 3.09. The Kier molecular flexibility index (Phi) is 3.41. The van der Waals surface area contributed by atoms with Crippen molar-refractivity contribution < 1.29 is 14.4 Å². The van der Waals surface area contributed by atoms with E-state index >= 15 is 0 Å². The molecule has 2 heterocycles. The summed E-state index contributed by atoms with van der Waals surface area (Å²) < 4.78 is 6.84. The highest BCUT2D eigenvalue weighted by Gasteiger charge is 2.29. The fourth-order valence-corrected chi connectivity index (χ4v) is 2.19. The van der Waals surface area contributed by atoms with Gasteiger partial charge in [-0.1, -0.05) is 32.9 Å². The van der Waals surface area contributed by atoms with Crippen LogP contribution in [0.3, 0.4) is 0 Å². The molecule has 0 saturated carbocycles. The van der Waals surface area contributed by atoms with Crippen molar-refractivity contribution in [2.24, 2.45) is 7.05 Å². The molecule has 108 valence electrons. The number of carbonyl (C=O) groups is 1. The van der Waals surface area contributed by atoms with Crippen LogP contribution in [-0.2, 0) is 18.9 Å². The fraction of sp³-hybridized carbons (Fsp3) is 0.500. The molecule has 20 heavy (non-hydrogen) atoms. The second-order valence-corrected chi connectivity index (χ2v) is 5.80. The summed E-state index contributed by atoms with van der Waals surface area (Å²) in [5, 5.41) is 17.8. The quantitative estimate of drug-likeness (QED) is 0.932. The number of carboxylic acid groups (broad SMARTS) is 1. The van der Waals surface area contributed by atoms with Crippen LogP contribution in [0, 0.1) is 0 Å². The smallest absolute Gasteiger partial charge is 0.341 e. The summed E-state index contributed by atoms with van der Waals surface area (Å²) in [6.45, 7) is 7.92. The maximum Gasteiger partial charge on any atom is 0.341 e. The van der Waals surface area contributed by atoms with Crippen molar-refractivity contribution in [3.63, 3.8) is 0 Å². The van der Waals surface area contributed by atoms with E-state index in [2.05, 4.69) is 10.3 Å². The lowest BCUT2D eigenvalue weighted by atomic mass is 9.88. The van der Waals surface area contributed by atoms with E-state index in [1.165, 1.54) is 0 Å². The van der Waals surface area contributed by atoms with E-state index < -0.39 is 5.97 Å². The first-order chi connectivity index (χ1) is 9.25. The Balaban J connectivity index is 2.70. The van der Waals surface area contributed by atoms with Gasteiger partial charge in [-0.15, -0.1) is 0 Å². The molecule has 0 bridgehead atoms. The van der Waals surface area contributed by atoms with Gasteiger partial charge in [-0.3, -0.25) is 4.68 Å². The van der Waals surface area contributed by atoms with Gasteiger partial charge in [0.15, 0.2) is 5.76 Å². The first kappa shape index (κ1) is 14.3. The molecule has 0 amide bonds. The van der Waals surface area contributed by atoms with E-state index in [0.717, 1.165) is 5.69 Å². The lowest BCUT2D eigenvalue weighted by Gasteiger charge is -2.16. The molecular formula is C14H19N3O3. The predicted molar refractivity (Wildman–Crippen MR) is 73.7 cm³/mol. The highest BCUT2D eigenvalue weighted by molar-refractivity contribution is 5.96. The lowest BCUT2D eigenvalue weighted by molar-refractivity contribution is 0.0695. The molecule has 2 aromatic rings. The largest absolute Gasteiger partial charge is 0.477 e. The van der Waals surface area contributed by atoms with Crippen molar-refractivity contribution in [3.8, 4) is 11.3 Å². The third kappa shape index (κ3) is 2.33. The van der Waals surface area contributed by atoms with E-state index in [9.17, 15) is 9.90 Å². The van der Waals surface area contributed by atoms with Gasteiger partial charge in [0.1, 0.15) is 11.3 Å². The predicted octanol–water partition coefficient (Wildman–Crippen LogP) is 2.63. The second-order valence-electron chi connectivity index (χ2n) is 5.80. The summed E-state index contributed by atoms with van der Waals surface area (Å²) in [5.74, 6) is -0.641. The number of aromatic carboxylic acids is 1. The summed E-state index contributed by atoms with van der Waals surface area (Å²) in [4.78, 5) is 11.5. The Hall–Kier alpha value is -2.11. The van der Waals surface area contributed by atoms with Crippen molar-refractivity contribution in [3.05, 3.63) is 23.2 Å². The van der Waals surface area contributed by atoms with Gasteiger partial charge in [0, 0.05) is 30.6 Å².